The number of nitrogens with one attached hydrogen (secondary N) is 1. The second kappa shape index (κ2) is 7.80. The van der Waals surface area contributed by atoms with Gasteiger partial charge in [0.2, 0.25) is 5.91 Å². The smallest absolute Gasteiger partial charge is 0.271 e. The summed E-state index contributed by atoms with van der Waals surface area (Å²) in [6.45, 7) is 4.61. The highest BCUT2D eigenvalue weighted by atomic mass is 19.1. The molecule has 2 aliphatic rings. The van der Waals surface area contributed by atoms with Crippen molar-refractivity contribution in [1.29, 1.82) is 0 Å². The predicted molar refractivity (Wildman–Crippen MR) is 118 cm³/mol. The van der Waals surface area contributed by atoms with Crippen LogP contribution in [0.25, 0.3) is 11.1 Å². The maximum atomic E-state index is 13.7. The molecule has 2 aromatic heterocycles. The molecule has 1 aliphatic carbocycles. The maximum absolute atomic E-state index is 13.7. The molecule has 0 radical (unpaired) electrons. The van der Waals surface area contributed by atoms with Crippen molar-refractivity contribution in [3.8, 4) is 0 Å². The van der Waals surface area contributed by atoms with Crippen molar-refractivity contribution in [2.45, 2.75) is 64.2 Å². The van der Waals surface area contributed by atoms with E-state index < -0.39 is 5.54 Å². The van der Waals surface area contributed by atoms with Gasteiger partial charge in [-0.05, 0) is 56.2 Å². The van der Waals surface area contributed by atoms with Crippen LogP contribution < -0.4 is 5.32 Å². The predicted octanol–water partition coefficient (Wildman–Crippen LogP) is 4.48. The fourth-order valence-corrected chi connectivity index (χ4v) is 5.04. The van der Waals surface area contributed by atoms with Gasteiger partial charge in [-0.25, -0.2) is 4.39 Å². The zero-order valence-corrected chi connectivity index (χ0v) is 18.4. The quantitative estimate of drug-likeness (QED) is 0.654. The first kappa shape index (κ1) is 20.8. The molecule has 0 bridgehead atoms. The number of hydrogen-bond acceptors (Lipinski definition) is 3. The van der Waals surface area contributed by atoms with E-state index in [-0.39, 0.29) is 30.2 Å². The highest BCUT2D eigenvalue weighted by Gasteiger charge is 2.48. The molecule has 3 heterocycles. The molecule has 1 saturated carbocycles. The number of benzene rings is 1. The zero-order valence-electron chi connectivity index (χ0n) is 18.4. The summed E-state index contributed by atoms with van der Waals surface area (Å²) in [7, 11) is 0. The molecule has 168 valence electrons. The van der Waals surface area contributed by atoms with Gasteiger partial charge in [0.05, 0.1) is 18.3 Å². The van der Waals surface area contributed by atoms with Crippen LogP contribution in [0.2, 0.25) is 0 Å². The van der Waals surface area contributed by atoms with Gasteiger partial charge < -0.3 is 19.2 Å². The highest BCUT2D eigenvalue weighted by molar-refractivity contribution is 6.02. The molecule has 2 amide bonds. The average Bonchev–Trinajstić information content (AvgIpc) is 3.36. The molecule has 7 heteroatoms. The molecule has 0 spiro atoms. The summed E-state index contributed by atoms with van der Waals surface area (Å²) in [5.74, 6) is -0.0350. The number of fused-ring (bicyclic) bond motifs is 3. The van der Waals surface area contributed by atoms with E-state index in [1.165, 1.54) is 12.1 Å². The summed E-state index contributed by atoms with van der Waals surface area (Å²) >= 11 is 0. The number of hydrogen-bond donors (Lipinski definition) is 1. The number of nitrogens with zero attached hydrogens (tertiary/aromatic N) is 2. The Labute approximate surface area is 186 Å². The molecule has 1 aromatic carbocycles. The number of halogens is 1. The van der Waals surface area contributed by atoms with Crippen molar-refractivity contribution >= 4 is 22.9 Å². The van der Waals surface area contributed by atoms with Gasteiger partial charge >= 0.3 is 0 Å². The Hall–Kier alpha value is -3.09. The Morgan fingerprint density at radius 2 is 1.91 bits per heavy atom. The molecule has 6 nitrogen and oxygen atoms in total. The van der Waals surface area contributed by atoms with Crippen molar-refractivity contribution in [1.82, 2.24) is 14.8 Å². The summed E-state index contributed by atoms with van der Waals surface area (Å²) in [4.78, 5) is 28.9. The molecule has 1 fully saturated rings. The number of amides is 2. The van der Waals surface area contributed by atoms with E-state index in [4.69, 9.17) is 4.42 Å². The molecule has 5 rings (SSSR count). The molecular weight excluding hydrogens is 409 g/mol. The fraction of sp³-hybridized carbons (Fsp3) is 0.440. The Bertz CT molecular complexity index is 1160. The number of aromatic nitrogens is 1. The summed E-state index contributed by atoms with van der Waals surface area (Å²) < 4.78 is 20.8. The summed E-state index contributed by atoms with van der Waals surface area (Å²) in [5, 5.41) is 3.23. The Morgan fingerprint density at radius 1 is 1.19 bits per heavy atom. The Balaban J connectivity index is 1.50. The molecule has 1 aliphatic heterocycles. The normalized spacial score (nSPS) is 25.7. The lowest BCUT2D eigenvalue weighted by molar-refractivity contribution is -0.134. The van der Waals surface area contributed by atoms with Gasteiger partial charge in [-0.1, -0.05) is 19.1 Å². The maximum Gasteiger partial charge on any atom is 0.271 e. The largest absolute Gasteiger partial charge is 0.463 e. The van der Waals surface area contributed by atoms with Gasteiger partial charge in [0.25, 0.3) is 5.91 Å². The van der Waals surface area contributed by atoms with E-state index in [2.05, 4.69) is 12.2 Å². The van der Waals surface area contributed by atoms with Crippen LogP contribution in [-0.2, 0) is 17.9 Å². The van der Waals surface area contributed by atoms with Crippen LogP contribution in [0.4, 0.5) is 4.39 Å². The van der Waals surface area contributed by atoms with Crippen molar-refractivity contribution < 1.29 is 18.4 Å². The van der Waals surface area contributed by atoms with E-state index in [9.17, 15) is 14.0 Å². The third-order valence-corrected chi connectivity index (χ3v) is 7.14. The molecule has 32 heavy (non-hydrogen) atoms. The third kappa shape index (κ3) is 3.49. The van der Waals surface area contributed by atoms with Crippen LogP contribution in [0.5, 0.6) is 0 Å². The fourth-order valence-electron chi connectivity index (χ4n) is 5.04. The summed E-state index contributed by atoms with van der Waals surface area (Å²) in [5.41, 5.74) is 1.61. The van der Waals surface area contributed by atoms with E-state index in [0.717, 1.165) is 36.8 Å². The Kier molecular flexibility index (Phi) is 5.07. The van der Waals surface area contributed by atoms with Crippen LogP contribution in [0.3, 0.4) is 0 Å². The van der Waals surface area contributed by atoms with Crippen LogP contribution >= 0.6 is 0 Å². The van der Waals surface area contributed by atoms with E-state index in [0.29, 0.717) is 23.7 Å². The van der Waals surface area contributed by atoms with Crippen LogP contribution in [-0.4, -0.2) is 32.9 Å². The van der Waals surface area contributed by atoms with E-state index in [1.807, 2.05) is 17.6 Å². The minimum absolute atomic E-state index is 0.123. The van der Waals surface area contributed by atoms with Crippen molar-refractivity contribution in [2.75, 3.05) is 0 Å². The second-order valence-corrected chi connectivity index (χ2v) is 9.51. The monoisotopic (exact) mass is 437 g/mol. The van der Waals surface area contributed by atoms with Crippen LogP contribution in [0.1, 0.15) is 55.6 Å². The third-order valence-electron chi connectivity index (χ3n) is 7.14. The van der Waals surface area contributed by atoms with Crippen molar-refractivity contribution in [3.05, 3.63) is 59.7 Å². The van der Waals surface area contributed by atoms with Gasteiger partial charge in [-0.3, -0.25) is 9.59 Å². The van der Waals surface area contributed by atoms with Crippen molar-refractivity contribution in [2.24, 2.45) is 5.92 Å². The lowest BCUT2D eigenvalue weighted by Gasteiger charge is -2.45. The molecule has 1 unspecified atom stereocenters. The molecule has 1 atom stereocenters. The SMILES string of the molecule is CC1CCC(NC(=O)C2(C)Cn3c(cc4occc43)C(=O)N2Cc2ccc(F)cc2)CC1. The first-order valence-corrected chi connectivity index (χ1v) is 11.3. The second-order valence-electron chi connectivity index (χ2n) is 9.51. The number of carbonyl (C=O) groups excluding carboxylic acids is 2. The zero-order chi connectivity index (χ0) is 22.5. The molecular formula is C25H28FN3O3. The van der Waals surface area contributed by atoms with Crippen LogP contribution in [0.15, 0.2) is 47.1 Å². The lowest BCUT2D eigenvalue weighted by atomic mass is 9.86. The molecule has 0 saturated heterocycles. The topological polar surface area (TPSA) is 67.5 Å². The first-order valence-electron chi connectivity index (χ1n) is 11.3. The van der Waals surface area contributed by atoms with E-state index >= 15 is 0 Å². The molecule has 1 N–H and O–H groups in total. The van der Waals surface area contributed by atoms with E-state index in [1.54, 1.807) is 29.4 Å². The minimum atomic E-state index is -1.09. The highest BCUT2D eigenvalue weighted by Crippen LogP contribution is 2.34. The number of carbonyl (C=O) groups is 2. The van der Waals surface area contributed by atoms with Gasteiger partial charge in [-0.15, -0.1) is 0 Å². The minimum Gasteiger partial charge on any atom is -0.463 e. The van der Waals surface area contributed by atoms with Gasteiger partial charge in [0.15, 0.2) is 5.58 Å². The standard InChI is InChI=1S/C25H28FN3O3/c1-16-3-9-19(10-4-16)27-24(31)25(2)15-28-20-11-12-32-22(20)13-21(28)23(30)29(25)14-17-5-7-18(26)8-6-17/h5-8,11-13,16,19H,3-4,9-10,14-15H2,1-2H3,(H,27,31). The van der Waals surface area contributed by atoms with Crippen LogP contribution in [0, 0.1) is 11.7 Å². The number of furan rings is 1. The lowest BCUT2D eigenvalue weighted by Crippen LogP contribution is -2.64. The Morgan fingerprint density at radius 3 is 2.62 bits per heavy atom. The first-order chi connectivity index (χ1) is 15.3. The average molecular weight is 438 g/mol. The van der Waals surface area contributed by atoms with Gasteiger partial charge in [-0.2, -0.15) is 0 Å². The number of rotatable bonds is 4. The van der Waals surface area contributed by atoms with Gasteiger partial charge in [0, 0.05) is 24.7 Å². The summed E-state index contributed by atoms with van der Waals surface area (Å²) in [6.07, 6.45) is 5.69. The summed E-state index contributed by atoms with van der Waals surface area (Å²) in [6, 6.07) is 9.74. The molecule has 3 aromatic rings. The van der Waals surface area contributed by atoms with Crippen molar-refractivity contribution in [3.63, 3.8) is 0 Å². The van der Waals surface area contributed by atoms with Gasteiger partial charge in [0.1, 0.15) is 17.1 Å².